The van der Waals surface area contributed by atoms with Crippen molar-refractivity contribution in [2.45, 2.75) is 18.3 Å². The molecule has 152 valence electrons. The molecule has 0 unspecified atom stereocenters. The summed E-state index contributed by atoms with van der Waals surface area (Å²) in [6.07, 6.45) is 0. The van der Waals surface area contributed by atoms with E-state index in [9.17, 15) is 19.5 Å². The number of carboxylic acids is 1. The van der Waals surface area contributed by atoms with Crippen molar-refractivity contribution in [2.75, 3.05) is 4.90 Å². The van der Waals surface area contributed by atoms with Crippen molar-refractivity contribution >= 4 is 23.5 Å². The van der Waals surface area contributed by atoms with E-state index < -0.39 is 23.2 Å². The quantitative estimate of drug-likeness (QED) is 0.651. The van der Waals surface area contributed by atoms with Crippen LogP contribution < -0.4 is 4.90 Å². The number of rotatable bonds is 2. The van der Waals surface area contributed by atoms with E-state index in [1.54, 1.807) is 12.1 Å². The molecule has 2 atom stereocenters. The van der Waals surface area contributed by atoms with E-state index in [0.717, 1.165) is 22.3 Å². The van der Waals surface area contributed by atoms with Gasteiger partial charge in [-0.25, -0.2) is 9.69 Å². The third-order valence-corrected chi connectivity index (χ3v) is 7.39. The third-order valence-electron chi connectivity index (χ3n) is 7.39. The van der Waals surface area contributed by atoms with Crippen molar-refractivity contribution in [1.29, 1.82) is 0 Å². The van der Waals surface area contributed by atoms with Crippen molar-refractivity contribution < 1.29 is 19.5 Å². The van der Waals surface area contributed by atoms with Crippen molar-refractivity contribution in [2.24, 2.45) is 11.8 Å². The molecule has 0 aromatic heterocycles. The fourth-order valence-corrected chi connectivity index (χ4v) is 6.18. The Kier molecular flexibility index (Phi) is 3.45. The first-order valence-electron chi connectivity index (χ1n) is 10.3. The Balaban J connectivity index is 1.58. The molecule has 7 rings (SSSR count). The highest BCUT2D eigenvalue weighted by Crippen LogP contribution is 2.64. The Morgan fingerprint density at radius 3 is 2.10 bits per heavy atom. The van der Waals surface area contributed by atoms with Crippen molar-refractivity contribution in [3.63, 3.8) is 0 Å². The maximum atomic E-state index is 13.8. The molecule has 2 amide bonds. The van der Waals surface area contributed by atoms with Gasteiger partial charge in [0.2, 0.25) is 11.8 Å². The largest absolute Gasteiger partial charge is 0.478 e. The second-order valence-corrected chi connectivity index (χ2v) is 8.73. The van der Waals surface area contributed by atoms with Gasteiger partial charge in [0.05, 0.1) is 23.1 Å². The molecule has 1 N–H and O–H groups in total. The van der Waals surface area contributed by atoms with Crippen molar-refractivity contribution in [1.82, 2.24) is 0 Å². The molecule has 0 spiro atoms. The molecule has 31 heavy (non-hydrogen) atoms. The summed E-state index contributed by atoms with van der Waals surface area (Å²) in [6.45, 7) is 2.07. The highest BCUT2D eigenvalue weighted by Gasteiger charge is 2.66. The van der Waals surface area contributed by atoms with Crippen LogP contribution in [0.2, 0.25) is 0 Å². The van der Waals surface area contributed by atoms with Crippen LogP contribution in [0.4, 0.5) is 5.69 Å². The maximum Gasteiger partial charge on any atom is 0.335 e. The number of nitrogens with zero attached hydrogens (tertiary/aromatic N) is 1. The average molecular weight is 409 g/mol. The van der Waals surface area contributed by atoms with Gasteiger partial charge in [-0.05, 0) is 40.5 Å². The zero-order valence-corrected chi connectivity index (χ0v) is 16.8. The number of anilines is 1. The van der Waals surface area contributed by atoms with Gasteiger partial charge in [0.1, 0.15) is 0 Å². The number of carboxylic acid groups (broad SMARTS) is 1. The molecular formula is C26H19NO4. The van der Waals surface area contributed by atoms with E-state index in [1.807, 2.05) is 24.3 Å². The van der Waals surface area contributed by atoms with Gasteiger partial charge >= 0.3 is 5.97 Å². The molecule has 2 bridgehead atoms. The first kappa shape index (κ1) is 18.1. The molecule has 3 aliphatic carbocycles. The topological polar surface area (TPSA) is 74.7 Å². The van der Waals surface area contributed by atoms with Gasteiger partial charge in [-0.15, -0.1) is 0 Å². The summed E-state index contributed by atoms with van der Waals surface area (Å²) in [6, 6.07) is 22.3. The summed E-state index contributed by atoms with van der Waals surface area (Å²) in [5, 5.41) is 9.37. The number of carbonyl (C=O) groups is 3. The lowest BCUT2D eigenvalue weighted by atomic mass is 9.48. The molecule has 0 radical (unpaired) electrons. The van der Waals surface area contributed by atoms with Gasteiger partial charge in [-0.3, -0.25) is 9.59 Å². The second-order valence-electron chi connectivity index (χ2n) is 8.73. The number of hydrogen-bond acceptors (Lipinski definition) is 3. The van der Waals surface area contributed by atoms with Crippen LogP contribution in [-0.2, 0) is 15.0 Å². The summed E-state index contributed by atoms with van der Waals surface area (Å²) in [4.78, 5) is 40.2. The second kappa shape index (κ2) is 5.91. The zero-order valence-electron chi connectivity index (χ0n) is 16.8. The van der Waals surface area contributed by atoms with E-state index in [4.69, 9.17) is 0 Å². The Bertz CT molecular complexity index is 1260. The zero-order chi connectivity index (χ0) is 21.5. The Labute approximate surface area is 178 Å². The molecule has 5 heteroatoms. The molecule has 1 aliphatic heterocycles. The monoisotopic (exact) mass is 409 g/mol. The summed E-state index contributed by atoms with van der Waals surface area (Å²) >= 11 is 0. The lowest BCUT2D eigenvalue weighted by Crippen LogP contribution is -2.51. The van der Waals surface area contributed by atoms with E-state index in [1.165, 1.54) is 17.0 Å². The minimum absolute atomic E-state index is 0.0497. The van der Waals surface area contributed by atoms with Crippen molar-refractivity contribution in [3.8, 4) is 0 Å². The normalized spacial score (nSPS) is 27.6. The summed E-state index contributed by atoms with van der Waals surface area (Å²) in [7, 11) is 0. The van der Waals surface area contributed by atoms with Gasteiger partial charge in [0.25, 0.3) is 0 Å². The van der Waals surface area contributed by atoms with Gasteiger partial charge in [-0.1, -0.05) is 61.5 Å². The Morgan fingerprint density at radius 2 is 1.48 bits per heavy atom. The van der Waals surface area contributed by atoms with Crippen LogP contribution in [0.5, 0.6) is 0 Å². The maximum absolute atomic E-state index is 13.8. The van der Waals surface area contributed by atoms with Crippen LogP contribution in [0.1, 0.15) is 45.5 Å². The number of carbonyl (C=O) groups excluding carboxylic acids is 2. The first-order chi connectivity index (χ1) is 14.9. The standard InChI is InChI=1S/C26H19NO4/c1-26-18-11-4-2-9-16(18)20(17-10-3-5-12-19(17)26)21-22(26)24(29)27(23(21)28)15-8-6-7-14(13-15)25(30)31/h2-13,20-22H,1H3,(H,30,31)/t20?,21-,22-,26?/m1/s1. The van der Waals surface area contributed by atoms with Gasteiger partial charge in [0, 0.05) is 11.3 Å². The third kappa shape index (κ3) is 2.08. The SMILES string of the molecule is CC12c3ccccc3C(c3ccccc31)[C@H]1C(=O)N(c3cccc(C(=O)O)c3)C(=O)[C@@H]12. The molecule has 0 saturated carbocycles. The van der Waals surface area contributed by atoms with Gasteiger partial charge in [-0.2, -0.15) is 0 Å². The van der Waals surface area contributed by atoms with Crippen molar-refractivity contribution in [3.05, 3.63) is 101 Å². The van der Waals surface area contributed by atoms with E-state index in [-0.39, 0.29) is 23.3 Å². The van der Waals surface area contributed by atoms with Crippen LogP contribution in [0.15, 0.2) is 72.8 Å². The van der Waals surface area contributed by atoms with Gasteiger partial charge < -0.3 is 5.11 Å². The number of benzene rings is 3. The predicted octanol–water partition coefficient (Wildman–Crippen LogP) is 3.96. The minimum atomic E-state index is -1.09. The number of amides is 2. The lowest BCUT2D eigenvalue weighted by Gasteiger charge is -2.52. The number of hydrogen-bond donors (Lipinski definition) is 1. The summed E-state index contributed by atoms with van der Waals surface area (Å²) in [5.74, 6) is -2.82. The Morgan fingerprint density at radius 1 is 0.871 bits per heavy atom. The van der Waals surface area contributed by atoms with E-state index in [0.29, 0.717) is 5.69 Å². The lowest BCUT2D eigenvalue weighted by molar-refractivity contribution is -0.123. The van der Waals surface area contributed by atoms with E-state index >= 15 is 0 Å². The molecule has 3 aromatic carbocycles. The number of aromatic carboxylic acids is 1. The molecular weight excluding hydrogens is 390 g/mol. The Hall–Kier alpha value is -3.73. The first-order valence-corrected chi connectivity index (χ1v) is 10.3. The summed E-state index contributed by atoms with van der Waals surface area (Å²) < 4.78 is 0. The van der Waals surface area contributed by atoms with Crippen LogP contribution >= 0.6 is 0 Å². The predicted molar refractivity (Wildman–Crippen MR) is 114 cm³/mol. The molecule has 1 fully saturated rings. The molecule has 3 aromatic rings. The molecule has 1 saturated heterocycles. The van der Waals surface area contributed by atoms with Gasteiger partial charge in [0.15, 0.2) is 0 Å². The van der Waals surface area contributed by atoms with Crippen LogP contribution in [0.3, 0.4) is 0 Å². The molecule has 4 aliphatic rings. The minimum Gasteiger partial charge on any atom is -0.478 e. The highest BCUT2D eigenvalue weighted by molar-refractivity contribution is 6.24. The number of imide groups is 1. The highest BCUT2D eigenvalue weighted by atomic mass is 16.4. The van der Waals surface area contributed by atoms with Crippen LogP contribution in [0.25, 0.3) is 0 Å². The van der Waals surface area contributed by atoms with Crippen LogP contribution in [-0.4, -0.2) is 22.9 Å². The van der Waals surface area contributed by atoms with E-state index in [2.05, 4.69) is 31.2 Å². The average Bonchev–Trinajstić information content (AvgIpc) is 3.06. The summed E-state index contributed by atoms with van der Waals surface area (Å²) in [5.41, 5.74) is 4.15. The van der Waals surface area contributed by atoms with Crippen LogP contribution in [0, 0.1) is 11.8 Å². The fourth-order valence-electron chi connectivity index (χ4n) is 6.18. The molecule has 5 nitrogen and oxygen atoms in total. The smallest absolute Gasteiger partial charge is 0.335 e. The molecule has 1 heterocycles. The fraction of sp³-hybridized carbons (Fsp3) is 0.192.